The third-order valence-corrected chi connectivity index (χ3v) is 2.47. The summed E-state index contributed by atoms with van der Waals surface area (Å²) in [5.74, 6) is 0.457. The lowest BCUT2D eigenvalue weighted by atomic mass is 9.92. The normalized spacial score (nSPS) is 11.2. The number of benzene rings is 1. The molecule has 1 unspecified atom stereocenters. The van der Waals surface area contributed by atoms with Gasteiger partial charge in [-0.15, -0.1) is 0 Å². The number of hydrogen-bond acceptors (Lipinski definition) is 4. The van der Waals surface area contributed by atoms with E-state index in [9.17, 15) is 0 Å². The van der Waals surface area contributed by atoms with E-state index in [-0.39, 0.29) is 5.92 Å². The molecular formula is C14H13N3O. The quantitative estimate of drug-likeness (QED) is 0.812. The predicted molar refractivity (Wildman–Crippen MR) is 65.7 cm³/mol. The van der Waals surface area contributed by atoms with Crippen LogP contribution in [-0.2, 0) is 0 Å². The number of hydrogen-bond donors (Lipinski definition) is 0. The van der Waals surface area contributed by atoms with E-state index >= 15 is 0 Å². The molecule has 0 bridgehead atoms. The van der Waals surface area contributed by atoms with Gasteiger partial charge in [0.15, 0.2) is 6.10 Å². The zero-order valence-electron chi connectivity index (χ0n) is 10.6. The van der Waals surface area contributed by atoms with Gasteiger partial charge in [-0.3, -0.25) is 0 Å². The van der Waals surface area contributed by atoms with Crippen molar-refractivity contribution in [3.63, 3.8) is 0 Å². The molecule has 0 heterocycles. The monoisotopic (exact) mass is 239 g/mol. The molecule has 4 heteroatoms. The van der Waals surface area contributed by atoms with Gasteiger partial charge in [0.1, 0.15) is 11.8 Å². The molecule has 1 aromatic rings. The zero-order chi connectivity index (χ0) is 13.7. The van der Waals surface area contributed by atoms with Gasteiger partial charge in [0, 0.05) is 0 Å². The van der Waals surface area contributed by atoms with Crippen molar-refractivity contribution in [2.24, 2.45) is 0 Å². The molecule has 0 saturated carbocycles. The molecular weight excluding hydrogens is 226 g/mol. The first-order valence-electron chi connectivity index (χ1n) is 5.57. The second kappa shape index (κ2) is 5.71. The topological polar surface area (TPSA) is 80.6 Å². The second-order valence-corrected chi connectivity index (χ2v) is 4.20. The maximum atomic E-state index is 9.12. The molecule has 90 valence electrons. The maximum absolute atomic E-state index is 9.12. The SMILES string of the molecule is CC(C#N)Oc1cc(C#N)c(C(C)C)c(C#N)c1. The fourth-order valence-electron chi connectivity index (χ4n) is 1.73. The molecule has 1 rings (SSSR count). The van der Waals surface area contributed by atoms with Gasteiger partial charge in [-0.2, -0.15) is 15.8 Å². The summed E-state index contributed by atoms with van der Waals surface area (Å²) in [6, 6.07) is 9.22. The Kier molecular flexibility index (Phi) is 4.30. The van der Waals surface area contributed by atoms with E-state index in [1.807, 2.05) is 19.9 Å². The smallest absolute Gasteiger partial charge is 0.181 e. The number of nitrogens with zero attached hydrogens (tertiary/aromatic N) is 3. The van der Waals surface area contributed by atoms with Crippen molar-refractivity contribution in [2.45, 2.75) is 32.8 Å². The van der Waals surface area contributed by atoms with E-state index in [2.05, 4.69) is 12.1 Å². The van der Waals surface area contributed by atoms with Gasteiger partial charge in [-0.1, -0.05) is 13.8 Å². The summed E-state index contributed by atoms with van der Waals surface area (Å²) in [5, 5.41) is 26.9. The highest BCUT2D eigenvalue weighted by molar-refractivity contribution is 5.54. The summed E-state index contributed by atoms with van der Waals surface area (Å²) < 4.78 is 5.32. The summed E-state index contributed by atoms with van der Waals surface area (Å²) in [5.41, 5.74) is 1.56. The highest BCUT2D eigenvalue weighted by atomic mass is 16.5. The van der Waals surface area contributed by atoms with Crippen LogP contribution in [0.3, 0.4) is 0 Å². The molecule has 0 aliphatic heterocycles. The summed E-state index contributed by atoms with van der Waals surface area (Å²) >= 11 is 0. The third kappa shape index (κ3) is 2.78. The van der Waals surface area contributed by atoms with E-state index in [1.165, 1.54) is 0 Å². The van der Waals surface area contributed by atoms with Crippen LogP contribution < -0.4 is 4.74 Å². The molecule has 0 aliphatic carbocycles. The molecule has 0 radical (unpaired) electrons. The van der Waals surface area contributed by atoms with Crippen LogP contribution in [0.5, 0.6) is 5.75 Å². The van der Waals surface area contributed by atoms with Crippen LogP contribution in [0.1, 0.15) is 43.4 Å². The summed E-state index contributed by atoms with van der Waals surface area (Å²) in [6.45, 7) is 5.46. The first kappa shape index (κ1) is 13.6. The molecule has 0 fully saturated rings. The fraction of sp³-hybridized carbons (Fsp3) is 0.357. The van der Waals surface area contributed by atoms with Crippen molar-refractivity contribution in [1.82, 2.24) is 0 Å². The Morgan fingerprint density at radius 1 is 1.00 bits per heavy atom. The Hall–Kier alpha value is -2.51. The molecule has 0 aliphatic rings. The number of rotatable bonds is 3. The average Bonchev–Trinajstić information content (AvgIpc) is 2.36. The van der Waals surface area contributed by atoms with Gasteiger partial charge in [0.25, 0.3) is 0 Å². The zero-order valence-corrected chi connectivity index (χ0v) is 10.6. The summed E-state index contributed by atoms with van der Waals surface area (Å²) in [4.78, 5) is 0. The molecule has 0 aromatic heterocycles. The Balaban J connectivity index is 3.34. The lowest BCUT2D eigenvalue weighted by molar-refractivity contribution is 0.276. The summed E-state index contributed by atoms with van der Waals surface area (Å²) in [7, 11) is 0. The van der Waals surface area contributed by atoms with Gasteiger partial charge in [0.05, 0.1) is 23.3 Å². The first-order chi connectivity index (χ1) is 8.53. The van der Waals surface area contributed by atoms with Crippen LogP contribution in [0.25, 0.3) is 0 Å². The van der Waals surface area contributed by atoms with Crippen LogP contribution in [0, 0.1) is 34.0 Å². The van der Waals surface area contributed by atoms with Gasteiger partial charge in [-0.05, 0) is 30.5 Å². The number of nitriles is 3. The maximum Gasteiger partial charge on any atom is 0.181 e. The van der Waals surface area contributed by atoms with Crippen molar-refractivity contribution in [1.29, 1.82) is 15.8 Å². The summed E-state index contributed by atoms with van der Waals surface area (Å²) in [6.07, 6.45) is -0.618. The molecule has 0 saturated heterocycles. The van der Waals surface area contributed by atoms with Crippen LogP contribution in [0.2, 0.25) is 0 Å². The second-order valence-electron chi connectivity index (χ2n) is 4.20. The van der Waals surface area contributed by atoms with E-state index in [1.54, 1.807) is 19.1 Å². The molecule has 4 nitrogen and oxygen atoms in total. The lowest BCUT2D eigenvalue weighted by Crippen LogP contribution is -2.09. The van der Waals surface area contributed by atoms with Crippen LogP contribution in [-0.4, -0.2) is 6.10 Å². The average molecular weight is 239 g/mol. The van der Waals surface area contributed by atoms with Gasteiger partial charge in [-0.25, -0.2) is 0 Å². The third-order valence-electron chi connectivity index (χ3n) is 2.47. The Morgan fingerprint density at radius 2 is 1.50 bits per heavy atom. The van der Waals surface area contributed by atoms with E-state index in [0.717, 1.165) is 5.56 Å². The predicted octanol–water partition coefficient (Wildman–Crippen LogP) is 2.84. The first-order valence-corrected chi connectivity index (χ1v) is 5.57. The Bertz CT molecular complexity index is 535. The number of ether oxygens (including phenoxy) is 1. The van der Waals surface area contributed by atoms with Crippen molar-refractivity contribution >= 4 is 0 Å². The van der Waals surface area contributed by atoms with Gasteiger partial charge in [0.2, 0.25) is 0 Å². The Labute approximate surface area is 107 Å². The van der Waals surface area contributed by atoms with Crippen molar-refractivity contribution < 1.29 is 4.74 Å². The standard InChI is InChI=1S/C14H13N3O/c1-9(2)14-11(7-16)4-13(5-12(14)8-17)18-10(3)6-15/h4-5,9-10H,1-3H3. The largest absolute Gasteiger partial charge is 0.476 e. The van der Waals surface area contributed by atoms with E-state index < -0.39 is 6.10 Å². The molecule has 0 spiro atoms. The van der Waals surface area contributed by atoms with Crippen LogP contribution >= 0.6 is 0 Å². The van der Waals surface area contributed by atoms with Crippen molar-refractivity contribution in [2.75, 3.05) is 0 Å². The highest BCUT2D eigenvalue weighted by Crippen LogP contribution is 2.28. The Morgan fingerprint density at radius 3 is 1.83 bits per heavy atom. The molecule has 18 heavy (non-hydrogen) atoms. The molecule has 0 amide bonds. The van der Waals surface area contributed by atoms with E-state index in [4.69, 9.17) is 20.5 Å². The minimum Gasteiger partial charge on any atom is -0.476 e. The van der Waals surface area contributed by atoms with Crippen LogP contribution in [0.4, 0.5) is 0 Å². The highest BCUT2D eigenvalue weighted by Gasteiger charge is 2.15. The van der Waals surface area contributed by atoms with Gasteiger partial charge < -0.3 is 4.74 Å². The van der Waals surface area contributed by atoms with E-state index in [0.29, 0.717) is 16.9 Å². The molecule has 1 atom stereocenters. The van der Waals surface area contributed by atoms with Gasteiger partial charge >= 0.3 is 0 Å². The fourth-order valence-corrected chi connectivity index (χ4v) is 1.73. The minimum atomic E-state index is -0.618. The molecule has 1 aromatic carbocycles. The van der Waals surface area contributed by atoms with Crippen molar-refractivity contribution in [3.8, 4) is 24.0 Å². The minimum absolute atomic E-state index is 0.0803. The van der Waals surface area contributed by atoms with Crippen molar-refractivity contribution in [3.05, 3.63) is 28.8 Å². The van der Waals surface area contributed by atoms with Crippen LogP contribution in [0.15, 0.2) is 12.1 Å². The molecule has 0 N–H and O–H groups in total. The lowest BCUT2D eigenvalue weighted by Gasteiger charge is -2.14.